The second kappa shape index (κ2) is 14.3. The van der Waals surface area contributed by atoms with E-state index in [-0.39, 0.29) is 24.8 Å². The molecule has 0 saturated carbocycles. The topological polar surface area (TPSA) is 80.2 Å². The number of amides is 1. The van der Waals surface area contributed by atoms with Crippen molar-refractivity contribution in [2.24, 2.45) is 4.99 Å². The van der Waals surface area contributed by atoms with Crippen LogP contribution in [0.5, 0.6) is 5.75 Å². The predicted molar refractivity (Wildman–Crippen MR) is 172 cm³/mol. The maximum Gasteiger partial charge on any atom is 0.252 e. The normalized spacial score (nSPS) is 17.7. The van der Waals surface area contributed by atoms with Gasteiger partial charge in [0.25, 0.3) is 5.91 Å². The van der Waals surface area contributed by atoms with Crippen molar-refractivity contribution in [2.45, 2.75) is 30.9 Å². The van der Waals surface area contributed by atoms with Crippen molar-refractivity contribution in [1.29, 1.82) is 0 Å². The first-order valence-corrected chi connectivity index (χ1v) is 15.6. The van der Waals surface area contributed by atoms with Crippen LogP contribution >= 0.6 is 31.9 Å². The summed E-state index contributed by atoms with van der Waals surface area (Å²) in [5.41, 5.74) is 1.82. The SMILES string of the molecule is O=C(NCCc1cccc(F)c1)[C@]1(Cc2ccccc2Br)N=C(c2ccc(OCCCO)cc2)O[C@@H]1c1ccccc1Br. The number of aliphatic imine (C=N–C) groups is 1. The average molecular weight is 710 g/mol. The van der Waals surface area contributed by atoms with Gasteiger partial charge in [-0.3, -0.25) is 4.79 Å². The molecule has 1 aliphatic rings. The van der Waals surface area contributed by atoms with E-state index < -0.39 is 11.6 Å². The molecule has 43 heavy (non-hydrogen) atoms. The fraction of sp³-hybridized carbons (Fsp3) is 0.235. The van der Waals surface area contributed by atoms with Gasteiger partial charge >= 0.3 is 0 Å². The third kappa shape index (κ3) is 7.34. The number of nitrogens with zero attached hydrogens (tertiary/aromatic N) is 1. The summed E-state index contributed by atoms with van der Waals surface area (Å²) in [6.07, 6.45) is 0.512. The van der Waals surface area contributed by atoms with E-state index in [4.69, 9.17) is 19.6 Å². The molecular formula is C34H31Br2FN2O4. The molecule has 2 atom stereocenters. The molecule has 4 aromatic rings. The van der Waals surface area contributed by atoms with Crippen molar-refractivity contribution in [1.82, 2.24) is 5.32 Å². The van der Waals surface area contributed by atoms with E-state index in [1.165, 1.54) is 12.1 Å². The van der Waals surface area contributed by atoms with Gasteiger partial charge in [0, 0.05) is 46.1 Å². The Morgan fingerprint density at radius 2 is 1.72 bits per heavy atom. The first kappa shape index (κ1) is 30.9. The number of nitrogens with one attached hydrogen (secondary N) is 1. The van der Waals surface area contributed by atoms with Crippen LogP contribution in [-0.4, -0.2) is 42.2 Å². The summed E-state index contributed by atoms with van der Waals surface area (Å²) in [4.78, 5) is 19.4. The minimum Gasteiger partial charge on any atom is -0.494 e. The van der Waals surface area contributed by atoms with E-state index in [0.29, 0.717) is 43.2 Å². The van der Waals surface area contributed by atoms with Gasteiger partial charge in [0.2, 0.25) is 5.90 Å². The second-order valence-electron chi connectivity index (χ2n) is 10.2. The predicted octanol–water partition coefficient (Wildman–Crippen LogP) is 6.97. The number of aliphatic hydroxyl groups excluding tert-OH is 1. The van der Waals surface area contributed by atoms with Crippen LogP contribution in [-0.2, 0) is 22.4 Å². The highest BCUT2D eigenvalue weighted by Gasteiger charge is 2.54. The minimum absolute atomic E-state index is 0.0586. The zero-order chi connectivity index (χ0) is 30.2. The lowest BCUT2D eigenvalue weighted by Crippen LogP contribution is -2.50. The van der Waals surface area contributed by atoms with Gasteiger partial charge in [-0.2, -0.15) is 0 Å². The van der Waals surface area contributed by atoms with Gasteiger partial charge in [0.1, 0.15) is 11.6 Å². The fourth-order valence-corrected chi connectivity index (χ4v) is 5.96. The average Bonchev–Trinajstić information content (AvgIpc) is 3.39. The summed E-state index contributed by atoms with van der Waals surface area (Å²) in [6, 6.07) is 29.1. The number of carbonyl (C=O) groups excluding carboxylic acids is 1. The molecule has 6 nitrogen and oxygen atoms in total. The Hall–Kier alpha value is -3.53. The number of hydrogen-bond acceptors (Lipinski definition) is 5. The Morgan fingerprint density at radius 1 is 0.977 bits per heavy atom. The second-order valence-corrected chi connectivity index (χ2v) is 11.9. The molecule has 222 valence electrons. The number of ether oxygens (including phenoxy) is 2. The van der Waals surface area contributed by atoms with Crippen molar-refractivity contribution in [3.8, 4) is 5.75 Å². The third-order valence-electron chi connectivity index (χ3n) is 7.22. The van der Waals surface area contributed by atoms with Crippen molar-refractivity contribution in [3.05, 3.63) is 134 Å². The van der Waals surface area contributed by atoms with Gasteiger partial charge in [0.15, 0.2) is 11.6 Å². The van der Waals surface area contributed by atoms with E-state index in [2.05, 4.69) is 37.2 Å². The number of hydrogen-bond donors (Lipinski definition) is 2. The first-order valence-electron chi connectivity index (χ1n) is 14.0. The number of aliphatic hydroxyl groups is 1. The summed E-state index contributed by atoms with van der Waals surface area (Å²) in [6.45, 7) is 0.763. The van der Waals surface area contributed by atoms with Gasteiger partial charge in [-0.05, 0) is 66.1 Å². The Kier molecular flexibility index (Phi) is 10.3. The molecule has 1 aliphatic heterocycles. The monoisotopic (exact) mass is 708 g/mol. The molecule has 0 radical (unpaired) electrons. The van der Waals surface area contributed by atoms with E-state index in [9.17, 15) is 9.18 Å². The third-order valence-corrected chi connectivity index (χ3v) is 8.72. The van der Waals surface area contributed by atoms with Gasteiger partial charge in [-0.1, -0.05) is 80.4 Å². The standard InChI is InChI=1S/C34H31Br2FN2O4/c35-29-11-3-1-8-25(29)22-34(33(41)38-18-17-23-7-5-9-26(37)21-23)31(28-10-2-4-12-30(28)36)43-32(39-34)24-13-15-27(16-14-24)42-20-6-19-40/h1-5,7-16,21,31,40H,6,17-20,22H2,(H,38,41)/t31-,34-/m1/s1. The van der Waals surface area contributed by atoms with Crippen molar-refractivity contribution >= 4 is 43.7 Å². The highest BCUT2D eigenvalue weighted by atomic mass is 79.9. The van der Waals surface area contributed by atoms with Gasteiger partial charge < -0.3 is 19.9 Å². The Morgan fingerprint density at radius 3 is 2.44 bits per heavy atom. The molecule has 0 fully saturated rings. The van der Waals surface area contributed by atoms with E-state index in [1.54, 1.807) is 6.07 Å². The summed E-state index contributed by atoms with van der Waals surface area (Å²) in [5.74, 6) is 0.397. The van der Waals surface area contributed by atoms with Crippen LogP contribution in [0.4, 0.5) is 4.39 Å². The number of carbonyl (C=O) groups is 1. The number of benzene rings is 4. The lowest BCUT2D eigenvalue weighted by atomic mass is 9.82. The van der Waals surface area contributed by atoms with Crippen molar-refractivity contribution in [3.63, 3.8) is 0 Å². The summed E-state index contributed by atoms with van der Waals surface area (Å²) < 4.78 is 27.7. The molecule has 1 amide bonds. The zero-order valence-electron chi connectivity index (χ0n) is 23.3. The van der Waals surface area contributed by atoms with Crippen molar-refractivity contribution in [2.75, 3.05) is 19.8 Å². The molecule has 4 aromatic carbocycles. The number of rotatable bonds is 12. The molecule has 9 heteroatoms. The molecular weight excluding hydrogens is 679 g/mol. The van der Waals surface area contributed by atoms with E-state index >= 15 is 0 Å². The van der Waals surface area contributed by atoms with Crippen LogP contribution in [0, 0.1) is 5.82 Å². The van der Waals surface area contributed by atoms with Gasteiger partial charge in [-0.25, -0.2) is 9.38 Å². The minimum atomic E-state index is -1.36. The lowest BCUT2D eigenvalue weighted by molar-refractivity contribution is -0.128. The van der Waals surface area contributed by atoms with Crippen LogP contribution in [0.25, 0.3) is 0 Å². The van der Waals surface area contributed by atoms with E-state index in [1.807, 2.05) is 78.9 Å². The van der Waals surface area contributed by atoms with Crippen LogP contribution < -0.4 is 10.1 Å². The van der Waals surface area contributed by atoms with Crippen LogP contribution in [0.3, 0.4) is 0 Å². The lowest BCUT2D eigenvalue weighted by Gasteiger charge is -2.31. The summed E-state index contributed by atoms with van der Waals surface area (Å²) in [5, 5.41) is 12.1. The molecule has 5 rings (SSSR count). The molecule has 0 unspecified atom stereocenters. The molecule has 0 aromatic heterocycles. The van der Waals surface area contributed by atoms with Gasteiger partial charge in [-0.15, -0.1) is 0 Å². The molecule has 0 bridgehead atoms. The maximum absolute atomic E-state index is 14.4. The Labute approximate surface area is 267 Å². The Balaban J connectivity index is 1.53. The van der Waals surface area contributed by atoms with Crippen molar-refractivity contribution < 1.29 is 23.8 Å². The maximum atomic E-state index is 14.4. The van der Waals surface area contributed by atoms with Crippen LogP contribution in [0.1, 0.15) is 34.8 Å². The first-order chi connectivity index (χ1) is 20.9. The molecule has 0 aliphatic carbocycles. The molecule has 0 spiro atoms. The van der Waals surface area contributed by atoms with E-state index in [0.717, 1.165) is 25.6 Å². The van der Waals surface area contributed by atoms with Crippen LogP contribution in [0.15, 0.2) is 111 Å². The fourth-order valence-electron chi connectivity index (χ4n) is 5.05. The Bertz CT molecular complexity index is 1600. The zero-order valence-corrected chi connectivity index (χ0v) is 26.5. The van der Waals surface area contributed by atoms with Gasteiger partial charge in [0.05, 0.1) is 6.61 Å². The highest BCUT2D eigenvalue weighted by molar-refractivity contribution is 9.10. The largest absolute Gasteiger partial charge is 0.494 e. The molecule has 2 N–H and O–H groups in total. The quantitative estimate of drug-likeness (QED) is 0.156. The highest BCUT2D eigenvalue weighted by Crippen LogP contribution is 2.45. The molecule has 1 heterocycles. The molecule has 0 saturated heterocycles. The summed E-state index contributed by atoms with van der Waals surface area (Å²) in [7, 11) is 0. The number of halogens is 3. The van der Waals surface area contributed by atoms with Crippen LogP contribution in [0.2, 0.25) is 0 Å². The summed E-state index contributed by atoms with van der Waals surface area (Å²) >= 11 is 7.33. The smallest absolute Gasteiger partial charge is 0.252 e.